The van der Waals surface area contributed by atoms with E-state index in [1.807, 2.05) is 19.9 Å². The number of hydrogen-bond acceptors (Lipinski definition) is 6. The minimum absolute atomic E-state index is 0.194. The molecule has 2 rings (SSSR count). The van der Waals surface area contributed by atoms with E-state index in [0.29, 0.717) is 17.2 Å². The van der Waals surface area contributed by atoms with E-state index in [1.54, 1.807) is 18.2 Å². The van der Waals surface area contributed by atoms with E-state index in [1.165, 1.54) is 0 Å². The second-order valence-corrected chi connectivity index (χ2v) is 4.29. The summed E-state index contributed by atoms with van der Waals surface area (Å²) in [7, 11) is 0. The maximum Gasteiger partial charge on any atom is 0.223 e. The van der Waals surface area contributed by atoms with Crippen LogP contribution in [0.15, 0.2) is 24.3 Å². The third kappa shape index (κ3) is 3.14. The number of aryl methyl sites for hydroxylation is 1. The first-order valence-electron chi connectivity index (χ1n) is 6.28. The van der Waals surface area contributed by atoms with Gasteiger partial charge in [0.05, 0.1) is 11.6 Å². The normalized spacial score (nSPS) is 9.85. The predicted octanol–water partition coefficient (Wildman–Crippen LogP) is 2.41. The Labute approximate surface area is 117 Å². The number of aromatic nitrogens is 2. The van der Waals surface area contributed by atoms with Crippen LogP contribution in [0.2, 0.25) is 0 Å². The van der Waals surface area contributed by atoms with Crippen molar-refractivity contribution in [2.45, 2.75) is 13.8 Å². The van der Waals surface area contributed by atoms with Crippen molar-refractivity contribution < 1.29 is 0 Å². The van der Waals surface area contributed by atoms with Crippen molar-refractivity contribution in [2.24, 2.45) is 0 Å². The van der Waals surface area contributed by atoms with E-state index in [-0.39, 0.29) is 5.95 Å². The summed E-state index contributed by atoms with van der Waals surface area (Å²) in [5, 5.41) is 15.2. The lowest BCUT2D eigenvalue weighted by Gasteiger charge is -2.11. The van der Waals surface area contributed by atoms with E-state index in [4.69, 9.17) is 11.0 Å². The quantitative estimate of drug-likeness (QED) is 0.787. The topological polar surface area (TPSA) is 99.6 Å². The lowest BCUT2D eigenvalue weighted by molar-refractivity contribution is 1.12. The number of nitrogens with zero attached hydrogens (tertiary/aromatic N) is 3. The first kappa shape index (κ1) is 13.6. The lowest BCUT2D eigenvalue weighted by atomic mass is 10.1. The summed E-state index contributed by atoms with van der Waals surface area (Å²) < 4.78 is 0. The van der Waals surface area contributed by atoms with Gasteiger partial charge in [-0.2, -0.15) is 15.2 Å². The van der Waals surface area contributed by atoms with Gasteiger partial charge in [0.25, 0.3) is 0 Å². The first-order valence-corrected chi connectivity index (χ1v) is 6.28. The Morgan fingerprint density at radius 2 is 2.00 bits per heavy atom. The second-order valence-electron chi connectivity index (χ2n) is 4.29. The third-order valence-electron chi connectivity index (χ3n) is 2.73. The Morgan fingerprint density at radius 3 is 2.70 bits per heavy atom. The first-order chi connectivity index (χ1) is 9.62. The third-order valence-corrected chi connectivity index (χ3v) is 2.73. The molecule has 1 aromatic carbocycles. The second kappa shape index (κ2) is 5.89. The molecule has 0 atom stereocenters. The van der Waals surface area contributed by atoms with Gasteiger partial charge in [-0.15, -0.1) is 0 Å². The molecular formula is C14H16N6. The maximum atomic E-state index is 8.94. The van der Waals surface area contributed by atoms with Crippen LogP contribution in [-0.4, -0.2) is 16.5 Å². The number of benzene rings is 1. The lowest BCUT2D eigenvalue weighted by Crippen LogP contribution is -2.06. The summed E-state index contributed by atoms with van der Waals surface area (Å²) in [5.74, 6) is 1.45. The Morgan fingerprint density at radius 1 is 1.25 bits per heavy atom. The van der Waals surface area contributed by atoms with Crippen molar-refractivity contribution >= 4 is 23.3 Å². The van der Waals surface area contributed by atoms with Crippen LogP contribution >= 0.6 is 0 Å². The molecule has 6 heteroatoms. The number of nitriles is 1. The van der Waals surface area contributed by atoms with Gasteiger partial charge in [-0.05, 0) is 31.5 Å². The van der Waals surface area contributed by atoms with Crippen molar-refractivity contribution in [3.8, 4) is 6.07 Å². The molecule has 0 saturated heterocycles. The number of hydrogen-bond donors (Lipinski definition) is 3. The van der Waals surface area contributed by atoms with Gasteiger partial charge >= 0.3 is 0 Å². The summed E-state index contributed by atoms with van der Waals surface area (Å²) in [6.45, 7) is 4.68. The average molecular weight is 268 g/mol. The standard InChI is InChI=1S/C14H16N6/c1-3-17-12-7-13(20-14(16)19-12)18-11-6-10(8-15)5-4-9(11)2/h4-7H,3H2,1-2H3,(H4,16,17,18,19,20). The molecule has 0 aliphatic heterocycles. The van der Waals surface area contributed by atoms with Crippen LogP contribution in [0.5, 0.6) is 0 Å². The fraction of sp³-hybridized carbons (Fsp3) is 0.214. The van der Waals surface area contributed by atoms with Crippen LogP contribution in [0.25, 0.3) is 0 Å². The van der Waals surface area contributed by atoms with Crippen molar-refractivity contribution in [1.82, 2.24) is 9.97 Å². The minimum atomic E-state index is 0.194. The molecule has 0 fully saturated rings. The monoisotopic (exact) mass is 268 g/mol. The van der Waals surface area contributed by atoms with Gasteiger partial charge in [0.1, 0.15) is 11.6 Å². The molecule has 0 spiro atoms. The van der Waals surface area contributed by atoms with Gasteiger partial charge in [-0.1, -0.05) is 6.07 Å². The number of nitrogen functional groups attached to an aromatic ring is 1. The molecule has 0 aliphatic carbocycles. The van der Waals surface area contributed by atoms with E-state index >= 15 is 0 Å². The summed E-state index contributed by atoms with van der Waals surface area (Å²) >= 11 is 0. The largest absolute Gasteiger partial charge is 0.370 e. The fourth-order valence-electron chi connectivity index (χ4n) is 1.77. The molecule has 6 nitrogen and oxygen atoms in total. The zero-order valence-electron chi connectivity index (χ0n) is 11.4. The van der Waals surface area contributed by atoms with Gasteiger partial charge < -0.3 is 16.4 Å². The highest BCUT2D eigenvalue weighted by Gasteiger charge is 2.05. The zero-order chi connectivity index (χ0) is 14.5. The Kier molecular flexibility index (Phi) is 4.01. The minimum Gasteiger partial charge on any atom is -0.370 e. The molecule has 4 N–H and O–H groups in total. The molecule has 0 radical (unpaired) electrons. The summed E-state index contributed by atoms with van der Waals surface area (Å²) in [6, 6.07) is 9.33. The predicted molar refractivity (Wildman–Crippen MR) is 79.8 cm³/mol. The van der Waals surface area contributed by atoms with Crippen LogP contribution in [-0.2, 0) is 0 Å². The molecule has 2 aromatic rings. The highest BCUT2D eigenvalue weighted by molar-refractivity contribution is 5.65. The molecular weight excluding hydrogens is 252 g/mol. The van der Waals surface area contributed by atoms with Crippen LogP contribution in [0.3, 0.4) is 0 Å². The van der Waals surface area contributed by atoms with Gasteiger partial charge in [0.2, 0.25) is 5.95 Å². The van der Waals surface area contributed by atoms with Crippen molar-refractivity contribution in [3.63, 3.8) is 0 Å². The molecule has 0 bridgehead atoms. The molecule has 0 unspecified atom stereocenters. The highest BCUT2D eigenvalue weighted by atomic mass is 15.1. The smallest absolute Gasteiger partial charge is 0.223 e. The molecule has 20 heavy (non-hydrogen) atoms. The average Bonchev–Trinajstić information content (AvgIpc) is 2.41. The van der Waals surface area contributed by atoms with E-state index < -0.39 is 0 Å². The number of rotatable bonds is 4. The molecule has 1 heterocycles. The number of nitrogens with two attached hydrogens (primary N) is 1. The van der Waals surface area contributed by atoms with Crippen molar-refractivity contribution in [3.05, 3.63) is 35.4 Å². The highest BCUT2D eigenvalue weighted by Crippen LogP contribution is 2.22. The molecule has 1 aromatic heterocycles. The molecule has 0 aliphatic rings. The maximum absolute atomic E-state index is 8.94. The van der Waals surface area contributed by atoms with Gasteiger partial charge in [0.15, 0.2) is 0 Å². The van der Waals surface area contributed by atoms with Crippen LogP contribution in [0.4, 0.5) is 23.3 Å². The Hall–Kier alpha value is -2.81. The van der Waals surface area contributed by atoms with Crippen LogP contribution < -0.4 is 16.4 Å². The van der Waals surface area contributed by atoms with E-state index in [0.717, 1.165) is 17.8 Å². The van der Waals surface area contributed by atoms with Crippen molar-refractivity contribution in [1.29, 1.82) is 5.26 Å². The SMILES string of the molecule is CCNc1cc(Nc2cc(C#N)ccc2C)nc(N)n1. The van der Waals surface area contributed by atoms with Gasteiger partial charge in [0, 0.05) is 18.3 Å². The van der Waals surface area contributed by atoms with Crippen LogP contribution in [0, 0.1) is 18.3 Å². The van der Waals surface area contributed by atoms with Crippen molar-refractivity contribution in [2.75, 3.05) is 22.9 Å². The molecule has 0 amide bonds. The zero-order valence-corrected chi connectivity index (χ0v) is 11.4. The summed E-state index contributed by atoms with van der Waals surface area (Å²) in [6.07, 6.45) is 0. The van der Waals surface area contributed by atoms with E-state index in [2.05, 4.69) is 26.7 Å². The molecule has 102 valence electrons. The van der Waals surface area contributed by atoms with E-state index in [9.17, 15) is 0 Å². The fourth-order valence-corrected chi connectivity index (χ4v) is 1.77. The number of anilines is 4. The summed E-state index contributed by atoms with van der Waals surface area (Å²) in [4.78, 5) is 8.23. The van der Waals surface area contributed by atoms with Crippen LogP contribution in [0.1, 0.15) is 18.1 Å². The molecule has 0 saturated carbocycles. The number of nitrogens with one attached hydrogen (secondary N) is 2. The van der Waals surface area contributed by atoms with Gasteiger partial charge in [-0.25, -0.2) is 0 Å². The summed E-state index contributed by atoms with van der Waals surface area (Å²) in [5.41, 5.74) is 8.12. The van der Waals surface area contributed by atoms with Gasteiger partial charge in [-0.3, -0.25) is 0 Å². The Balaban J connectivity index is 2.32. The Bertz CT molecular complexity index is 659.